The van der Waals surface area contributed by atoms with E-state index >= 15 is 0 Å². The molecule has 5 heteroatoms. The van der Waals surface area contributed by atoms with Crippen LogP contribution in [-0.4, -0.2) is 18.3 Å². The summed E-state index contributed by atoms with van der Waals surface area (Å²) in [5, 5.41) is 0. The van der Waals surface area contributed by atoms with Crippen LogP contribution in [0.5, 0.6) is 11.5 Å². The minimum atomic E-state index is -0.0707. The van der Waals surface area contributed by atoms with E-state index in [-0.39, 0.29) is 12.1 Å². The normalized spacial score (nSPS) is 10.3. The van der Waals surface area contributed by atoms with Gasteiger partial charge in [-0.3, -0.25) is 4.79 Å². The third-order valence-corrected chi connectivity index (χ3v) is 2.98. The average Bonchev–Trinajstić information content (AvgIpc) is 2.49. The summed E-state index contributed by atoms with van der Waals surface area (Å²) < 4.78 is 12.4. The number of nitrogens with zero attached hydrogens (tertiary/aromatic N) is 1. The molecule has 0 aliphatic carbocycles. The predicted molar refractivity (Wildman–Crippen MR) is 77.1 cm³/mol. The summed E-state index contributed by atoms with van der Waals surface area (Å²) in [6, 6.07) is 11.0. The SMILES string of the molecule is COc1ccccc1OCCn1cccc(CN)c1=O. The van der Waals surface area contributed by atoms with Gasteiger partial charge in [0, 0.05) is 18.3 Å². The van der Waals surface area contributed by atoms with Gasteiger partial charge in [-0.2, -0.15) is 0 Å². The van der Waals surface area contributed by atoms with E-state index < -0.39 is 0 Å². The van der Waals surface area contributed by atoms with Gasteiger partial charge < -0.3 is 19.8 Å². The molecule has 20 heavy (non-hydrogen) atoms. The van der Waals surface area contributed by atoms with Crippen molar-refractivity contribution in [1.82, 2.24) is 4.57 Å². The predicted octanol–water partition coefficient (Wildman–Crippen LogP) is 1.39. The molecule has 5 nitrogen and oxygen atoms in total. The fourth-order valence-electron chi connectivity index (χ4n) is 1.91. The molecule has 0 radical (unpaired) electrons. The van der Waals surface area contributed by atoms with Crippen LogP contribution in [0.25, 0.3) is 0 Å². The fourth-order valence-corrected chi connectivity index (χ4v) is 1.91. The van der Waals surface area contributed by atoms with E-state index in [4.69, 9.17) is 15.2 Å². The number of benzene rings is 1. The Morgan fingerprint density at radius 1 is 1.15 bits per heavy atom. The zero-order valence-electron chi connectivity index (χ0n) is 11.4. The standard InChI is InChI=1S/C15H18N2O3/c1-19-13-6-2-3-7-14(13)20-10-9-17-8-4-5-12(11-16)15(17)18/h2-8H,9-11,16H2,1H3. The Hall–Kier alpha value is -2.27. The van der Waals surface area contributed by atoms with Crippen LogP contribution in [0.2, 0.25) is 0 Å². The highest BCUT2D eigenvalue weighted by Gasteiger charge is 2.04. The number of nitrogens with two attached hydrogens (primary N) is 1. The smallest absolute Gasteiger partial charge is 0.255 e. The number of hydrogen-bond donors (Lipinski definition) is 1. The summed E-state index contributed by atoms with van der Waals surface area (Å²) in [6.45, 7) is 1.09. The lowest BCUT2D eigenvalue weighted by Gasteiger charge is -2.11. The third-order valence-electron chi connectivity index (χ3n) is 2.98. The molecule has 0 unspecified atom stereocenters. The van der Waals surface area contributed by atoms with Crippen LogP contribution in [-0.2, 0) is 13.1 Å². The zero-order chi connectivity index (χ0) is 14.4. The molecule has 0 aliphatic rings. The van der Waals surface area contributed by atoms with Crippen molar-refractivity contribution in [2.24, 2.45) is 5.73 Å². The Kier molecular flexibility index (Phi) is 4.79. The number of rotatable bonds is 6. The van der Waals surface area contributed by atoms with Crippen molar-refractivity contribution in [3.63, 3.8) is 0 Å². The maximum absolute atomic E-state index is 12.0. The molecule has 0 saturated heterocycles. The lowest BCUT2D eigenvalue weighted by Crippen LogP contribution is -2.26. The zero-order valence-corrected chi connectivity index (χ0v) is 11.4. The minimum absolute atomic E-state index is 0.0707. The second-order valence-electron chi connectivity index (χ2n) is 4.24. The Morgan fingerprint density at radius 2 is 1.90 bits per heavy atom. The maximum Gasteiger partial charge on any atom is 0.255 e. The number of aromatic nitrogens is 1. The van der Waals surface area contributed by atoms with Crippen molar-refractivity contribution >= 4 is 0 Å². The van der Waals surface area contributed by atoms with Crippen molar-refractivity contribution in [2.75, 3.05) is 13.7 Å². The Balaban J connectivity index is 2.01. The summed E-state index contributed by atoms with van der Waals surface area (Å²) in [4.78, 5) is 12.0. The van der Waals surface area contributed by atoms with E-state index in [1.807, 2.05) is 30.3 Å². The van der Waals surface area contributed by atoms with Gasteiger partial charge in [0.1, 0.15) is 6.61 Å². The first-order valence-corrected chi connectivity index (χ1v) is 6.40. The van der Waals surface area contributed by atoms with Gasteiger partial charge in [-0.15, -0.1) is 0 Å². The van der Waals surface area contributed by atoms with Crippen molar-refractivity contribution in [3.05, 3.63) is 58.5 Å². The lowest BCUT2D eigenvalue weighted by atomic mass is 10.3. The average molecular weight is 274 g/mol. The van der Waals surface area contributed by atoms with Crippen LogP contribution >= 0.6 is 0 Å². The van der Waals surface area contributed by atoms with Crippen molar-refractivity contribution < 1.29 is 9.47 Å². The molecule has 106 valence electrons. The van der Waals surface area contributed by atoms with E-state index in [2.05, 4.69) is 0 Å². The molecular weight excluding hydrogens is 256 g/mol. The van der Waals surface area contributed by atoms with Gasteiger partial charge >= 0.3 is 0 Å². The molecule has 2 aromatic rings. The molecular formula is C15H18N2O3. The van der Waals surface area contributed by atoms with Gasteiger partial charge in [0.2, 0.25) is 0 Å². The van der Waals surface area contributed by atoms with Crippen LogP contribution in [0, 0.1) is 0 Å². The van der Waals surface area contributed by atoms with Crippen LogP contribution < -0.4 is 20.8 Å². The third kappa shape index (κ3) is 3.19. The largest absolute Gasteiger partial charge is 0.493 e. The summed E-state index contributed by atoms with van der Waals surface area (Å²) in [7, 11) is 1.59. The number of pyridine rings is 1. The van der Waals surface area contributed by atoms with Gasteiger partial charge in [0.25, 0.3) is 5.56 Å². The summed E-state index contributed by atoms with van der Waals surface area (Å²) in [5.41, 5.74) is 6.05. The summed E-state index contributed by atoms with van der Waals surface area (Å²) in [6.07, 6.45) is 1.73. The molecule has 0 bridgehead atoms. The highest BCUT2D eigenvalue weighted by atomic mass is 16.5. The molecule has 1 heterocycles. The molecule has 1 aromatic carbocycles. The molecule has 0 fully saturated rings. The minimum Gasteiger partial charge on any atom is -0.493 e. The number of hydrogen-bond acceptors (Lipinski definition) is 4. The van der Waals surface area contributed by atoms with Crippen molar-refractivity contribution in [1.29, 1.82) is 0 Å². The Labute approximate surface area is 117 Å². The lowest BCUT2D eigenvalue weighted by molar-refractivity contribution is 0.278. The van der Waals surface area contributed by atoms with Gasteiger partial charge in [-0.1, -0.05) is 18.2 Å². The van der Waals surface area contributed by atoms with Gasteiger partial charge in [-0.25, -0.2) is 0 Å². The first-order chi connectivity index (χ1) is 9.76. The van der Waals surface area contributed by atoms with Crippen LogP contribution in [0.15, 0.2) is 47.4 Å². The molecule has 1 aromatic heterocycles. The molecule has 0 saturated carbocycles. The second kappa shape index (κ2) is 6.77. The van der Waals surface area contributed by atoms with Crippen molar-refractivity contribution in [2.45, 2.75) is 13.1 Å². The summed E-state index contributed by atoms with van der Waals surface area (Å²) in [5.74, 6) is 1.34. The molecule has 0 amide bonds. The maximum atomic E-state index is 12.0. The number of para-hydroxylation sites is 2. The summed E-state index contributed by atoms with van der Waals surface area (Å²) >= 11 is 0. The number of methoxy groups -OCH3 is 1. The van der Waals surface area contributed by atoms with Crippen LogP contribution in [0.4, 0.5) is 0 Å². The van der Waals surface area contributed by atoms with Crippen LogP contribution in [0.1, 0.15) is 5.56 Å². The molecule has 2 N–H and O–H groups in total. The first-order valence-electron chi connectivity index (χ1n) is 6.40. The topological polar surface area (TPSA) is 66.5 Å². The molecule has 0 aliphatic heterocycles. The first kappa shape index (κ1) is 14.1. The highest BCUT2D eigenvalue weighted by molar-refractivity contribution is 5.39. The van der Waals surface area contributed by atoms with E-state index in [0.29, 0.717) is 30.2 Å². The van der Waals surface area contributed by atoms with Gasteiger partial charge in [0.15, 0.2) is 11.5 Å². The van der Waals surface area contributed by atoms with E-state index in [0.717, 1.165) is 0 Å². The molecule has 0 spiro atoms. The Bertz CT molecular complexity index is 623. The molecule has 2 rings (SSSR count). The van der Waals surface area contributed by atoms with E-state index in [1.165, 1.54) is 0 Å². The Morgan fingerprint density at radius 3 is 2.60 bits per heavy atom. The monoisotopic (exact) mass is 274 g/mol. The van der Waals surface area contributed by atoms with E-state index in [1.54, 1.807) is 23.9 Å². The van der Waals surface area contributed by atoms with Crippen molar-refractivity contribution in [3.8, 4) is 11.5 Å². The van der Waals surface area contributed by atoms with Gasteiger partial charge in [0.05, 0.1) is 13.7 Å². The number of ether oxygens (including phenoxy) is 2. The van der Waals surface area contributed by atoms with E-state index in [9.17, 15) is 4.79 Å². The van der Waals surface area contributed by atoms with Crippen LogP contribution in [0.3, 0.4) is 0 Å². The quantitative estimate of drug-likeness (QED) is 0.864. The highest BCUT2D eigenvalue weighted by Crippen LogP contribution is 2.25. The fraction of sp³-hybridized carbons (Fsp3) is 0.267. The van der Waals surface area contributed by atoms with Gasteiger partial charge in [-0.05, 0) is 18.2 Å². The molecule has 0 atom stereocenters. The second-order valence-corrected chi connectivity index (χ2v) is 4.24.